The summed E-state index contributed by atoms with van der Waals surface area (Å²) in [6.07, 6.45) is 2.48. The number of rotatable bonds is 3. The molecule has 17 heavy (non-hydrogen) atoms. The fraction of sp³-hybridized carbons (Fsp3) is 0.500. The zero-order valence-electron chi connectivity index (χ0n) is 10.4. The highest BCUT2D eigenvalue weighted by Gasteiger charge is 2.19. The van der Waals surface area contributed by atoms with E-state index in [1.807, 2.05) is 12.1 Å². The minimum atomic E-state index is 0.173. The van der Waals surface area contributed by atoms with Gasteiger partial charge in [0.2, 0.25) is 0 Å². The van der Waals surface area contributed by atoms with Crippen LogP contribution in [0.25, 0.3) is 0 Å². The molecule has 1 aliphatic rings. The first-order valence-electron chi connectivity index (χ1n) is 6.26. The molecule has 0 bridgehead atoms. The lowest BCUT2D eigenvalue weighted by Gasteiger charge is -2.30. The molecule has 1 aromatic rings. The summed E-state index contributed by atoms with van der Waals surface area (Å²) in [5.41, 5.74) is 7.07. The molecule has 0 aliphatic carbocycles. The maximum absolute atomic E-state index is 12.1. The largest absolute Gasteiger partial charge is 0.399 e. The normalized spacial score (nSPS) is 21.4. The number of hydrogen-bond acceptors (Lipinski definition) is 3. The number of nitrogen functional groups attached to an aromatic ring is 1. The number of hydrogen-bond donors (Lipinski definition) is 1. The summed E-state index contributed by atoms with van der Waals surface area (Å²) >= 11 is 0. The quantitative estimate of drug-likeness (QED) is 0.642. The van der Waals surface area contributed by atoms with Crippen LogP contribution in [-0.2, 0) is 0 Å². The van der Waals surface area contributed by atoms with Gasteiger partial charge in [-0.1, -0.05) is 19.1 Å². The summed E-state index contributed by atoms with van der Waals surface area (Å²) in [4.78, 5) is 14.3. The molecule has 1 heterocycles. The van der Waals surface area contributed by atoms with Crippen LogP contribution in [0.15, 0.2) is 24.3 Å². The third-order valence-corrected chi connectivity index (χ3v) is 3.32. The molecule has 92 valence electrons. The van der Waals surface area contributed by atoms with Crippen LogP contribution in [0.2, 0.25) is 0 Å². The number of carbonyl (C=O) groups is 1. The van der Waals surface area contributed by atoms with Crippen LogP contribution in [0, 0.1) is 5.92 Å². The SMILES string of the molecule is CC1CCCN(CC(=O)c2cccc(N)c2)C1. The second-order valence-corrected chi connectivity index (χ2v) is 5.03. The predicted molar refractivity (Wildman–Crippen MR) is 70.0 cm³/mol. The van der Waals surface area contributed by atoms with E-state index in [4.69, 9.17) is 5.73 Å². The van der Waals surface area contributed by atoms with Crippen molar-refractivity contribution in [3.05, 3.63) is 29.8 Å². The number of benzene rings is 1. The zero-order valence-corrected chi connectivity index (χ0v) is 10.4. The first-order valence-corrected chi connectivity index (χ1v) is 6.26. The number of nitrogens with two attached hydrogens (primary N) is 1. The van der Waals surface area contributed by atoms with Crippen molar-refractivity contribution in [2.24, 2.45) is 5.92 Å². The van der Waals surface area contributed by atoms with Crippen molar-refractivity contribution >= 4 is 11.5 Å². The molecule has 0 amide bonds. The van der Waals surface area contributed by atoms with E-state index < -0.39 is 0 Å². The summed E-state index contributed by atoms with van der Waals surface area (Å²) in [6.45, 7) is 4.84. The molecule has 1 atom stereocenters. The van der Waals surface area contributed by atoms with Gasteiger partial charge < -0.3 is 5.73 Å². The summed E-state index contributed by atoms with van der Waals surface area (Å²) in [5, 5.41) is 0. The molecule has 0 aromatic heterocycles. The molecule has 1 fully saturated rings. The highest BCUT2D eigenvalue weighted by atomic mass is 16.1. The number of ketones is 1. The van der Waals surface area contributed by atoms with Crippen molar-refractivity contribution in [1.29, 1.82) is 0 Å². The van der Waals surface area contributed by atoms with Gasteiger partial charge in [0.25, 0.3) is 0 Å². The maximum atomic E-state index is 12.1. The van der Waals surface area contributed by atoms with E-state index in [1.165, 1.54) is 12.8 Å². The summed E-state index contributed by atoms with van der Waals surface area (Å²) in [7, 11) is 0. The third kappa shape index (κ3) is 3.30. The van der Waals surface area contributed by atoms with Crippen molar-refractivity contribution in [2.45, 2.75) is 19.8 Å². The van der Waals surface area contributed by atoms with Gasteiger partial charge in [-0.15, -0.1) is 0 Å². The van der Waals surface area contributed by atoms with Gasteiger partial charge >= 0.3 is 0 Å². The van der Waals surface area contributed by atoms with Crippen LogP contribution in [0.4, 0.5) is 5.69 Å². The van der Waals surface area contributed by atoms with Gasteiger partial charge in [-0.25, -0.2) is 0 Å². The topological polar surface area (TPSA) is 46.3 Å². The molecule has 3 nitrogen and oxygen atoms in total. The molecule has 3 heteroatoms. The Morgan fingerprint density at radius 2 is 2.35 bits per heavy atom. The van der Waals surface area contributed by atoms with E-state index in [0.717, 1.165) is 18.7 Å². The Bertz CT molecular complexity index is 403. The smallest absolute Gasteiger partial charge is 0.176 e. The van der Waals surface area contributed by atoms with Gasteiger partial charge in [-0.05, 0) is 37.4 Å². The third-order valence-electron chi connectivity index (χ3n) is 3.32. The minimum absolute atomic E-state index is 0.173. The number of nitrogens with zero attached hydrogens (tertiary/aromatic N) is 1. The molecule has 2 rings (SSSR count). The van der Waals surface area contributed by atoms with Crippen molar-refractivity contribution in [1.82, 2.24) is 4.90 Å². The van der Waals surface area contributed by atoms with E-state index >= 15 is 0 Å². The number of piperidine rings is 1. The van der Waals surface area contributed by atoms with E-state index in [9.17, 15) is 4.79 Å². The van der Waals surface area contributed by atoms with E-state index in [1.54, 1.807) is 12.1 Å². The lowest BCUT2D eigenvalue weighted by molar-refractivity contribution is 0.0893. The number of likely N-dealkylation sites (tertiary alicyclic amines) is 1. The number of carbonyl (C=O) groups excluding carboxylic acids is 1. The molecule has 0 saturated carbocycles. The van der Waals surface area contributed by atoms with Crippen molar-refractivity contribution in [3.63, 3.8) is 0 Å². The Morgan fingerprint density at radius 3 is 3.06 bits per heavy atom. The average molecular weight is 232 g/mol. The Hall–Kier alpha value is -1.35. The van der Waals surface area contributed by atoms with Crippen LogP contribution in [0.3, 0.4) is 0 Å². The van der Waals surface area contributed by atoms with Crippen LogP contribution < -0.4 is 5.73 Å². The molecule has 1 aliphatic heterocycles. The van der Waals surface area contributed by atoms with Crippen molar-refractivity contribution in [2.75, 3.05) is 25.4 Å². The van der Waals surface area contributed by atoms with Gasteiger partial charge in [-0.3, -0.25) is 9.69 Å². The molecular weight excluding hydrogens is 212 g/mol. The van der Waals surface area contributed by atoms with E-state index in [-0.39, 0.29) is 5.78 Å². The summed E-state index contributed by atoms with van der Waals surface area (Å²) in [6, 6.07) is 7.24. The first-order chi connectivity index (χ1) is 8.15. The Morgan fingerprint density at radius 1 is 1.53 bits per heavy atom. The molecule has 1 saturated heterocycles. The van der Waals surface area contributed by atoms with Crippen LogP contribution in [-0.4, -0.2) is 30.3 Å². The van der Waals surface area contributed by atoms with Gasteiger partial charge in [0.1, 0.15) is 0 Å². The van der Waals surface area contributed by atoms with Crippen molar-refractivity contribution in [3.8, 4) is 0 Å². The monoisotopic (exact) mass is 232 g/mol. The minimum Gasteiger partial charge on any atom is -0.399 e. The summed E-state index contributed by atoms with van der Waals surface area (Å²) < 4.78 is 0. The van der Waals surface area contributed by atoms with Crippen LogP contribution in [0.1, 0.15) is 30.1 Å². The second kappa shape index (κ2) is 5.32. The van der Waals surface area contributed by atoms with E-state index in [0.29, 0.717) is 18.2 Å². The number of anilines is 1. The van der Waals surface area contributed by atoms with Crippen LogP contribution >= 0.6 is 0 Å². The fourth-order valence-electron chi connectivity index (χ4n) is 2.44. The van der Waals surface area contributed by atoms with Gasteiger partial charge in [0.15, 0.2) is 5.78 Å². The molecule has 0 spiro atoms. The Kier molecular flexibility index (Phi) is 3.79. The van der Waals surface area contributed by atoms with Gasteiger partial charge in [-0.2, -0.15) is 0 Å². The first kappa shape index (κ1) is 12.1. The van der Waals surface area contributed by atoms with E-state index in [2.05, 4.69) is 11.8 Å². The lowest BCUT2D eigenvalue weighted by atomic mass is 9.99. The van der Waals surface area contributed by atoms with Crippen LogP contribution in [0.5, 0.6) is 0 Å². The standard InChI is InChI=1S/C14H20N2O/c1-11-4-3-7-16(9-11)10-14(17)12-5-2-6-13(15)8-12/h2,5-6,8,11H,3-4,7,9-10,15H2,1H3. The lowest BCUT2D eigenvalue weighted by Crippen LogP contribution is -2.37. The Balaban J connectivity index is 1.97. The van der Waals surface area contributed by atoms with Gasteiger partial charge in [0, 0.05) is 17.8 Å². The summed E-state index contributed by atoms with van der Waals surface area (Å²) in [5.74, 6) is 0.879. The molecular formula is C14H20N2O. The predicted octanol–water partition coefficient (Wildman–Crippen LogP) is 2.18. The molecule has 2 N–H and O–H groups in total. The van der Waals surface area contributed by atoms with Crippen molar-refractivity contribution < 1.29 is 4.79 Å². The highest BCUT2D eigenvalue weighted by molar-refractivity contribution is 5.98. The Labute approximate surface area is 103 Å². The number of Topliss-reactive ketones (excluding diaryl/α,β-unsaturated/α-hetero) is 1. The zero-order chi connectivity index (χ0) is 12.3. The molecule has 0 radical (unpaired) electrons. The maximum Gasteiger partial charge on any atom is 0.176 e. The highest BCUT2D eigenvalue weighted by Crippen LogP contribution is 2.16. The molecule has 1 aromatic carbocycles. The average Bonchev–Trinajstić information content (AvgIpc) is 2.29. The second-order valence-electron chi connectivity index (χ2n) is 5.03. The fourth-order valence-corrected chi connectivity index (χ4v) is 2.44. The van der Waals surface area contributed by atoms with Gasteiger partial charge in [0.05, 0.1) is 6.54 Å². The molecule has 1 unspecified atom stereocenters.